The third-order valence-corrected chi connectivity index (χ3v) is 4.99. The van der Waals surface area contributed by atoms with Gasteiger partial charge in [-0.05, 0) is 61.1 Å². The molecular formula is C20H23N3O. The minimum Gasteiger partial charge on any atom is -0.497 e. The molecule has 24 heavy (non-hydrogen) atoms. The Morgan fingerprint density at radius 2 is 1.79 bits per heavy atom. The van der Waals surface area contributed by atoms with Crippen LogP contribution in [0.3, 0.4) is 0 Å². The van der Waals surface area contributed by atoms with E-state index in [4.69, 9.17) is 10.5 Å². The Morgan fingerprint density at radius 3 is 2.38 bits per heavy atom. The van der Waals surface area contributed by atoms with Crippen molar-refractivity contribution in [2.75, 3.05) is 30.8 Å². The maximum Gasteiger partial charge on any atom is 0.118 e. The van der Waals surface area contributed by atoms with Crippen LogP contribution in [0.4, 0.5) is 11.4 Å². The molecule has 2 aromatic rings. The largest absolute Gasteiger partial charge is 0.497 e. The van der Waals surface area contributed by atoms with E-state index in [0.29, 0.717) is 11.5 Å². The molecule has 0 radical (unpaired) electrons. The number of nitriles is 1. The summed E-state index contributed by atoms with van der Waals surface area (Å²) in [6, 6.07) is 14.3. The molecule has 2 N–H and O–H groups in total. The molecule has 0 aliphatic carbocycles. The van der Waals surface area contributed by atoms with E-state index in [1.165, 1.54) is 5.56 Å². The number of nitrogen functional groups attached to an aromatic ring is 1. The van der Waals surface area contributed by atoms with E-state index >= 15 is 0 Å². The molecule has 124 valence electrons. The van der Waals surface area contributed by atoms with Gasteiger partial charge in [0.2, 0.25) is 0 Å². The van der Waals surface area contributed by atoms with Crippen molar-refractivity contribution in [3.63, 3.8) is 0 Å². The van der Waals surface area contributed by atoms with E-state index < -0.39 is 0 Å². The lowest BCUT2D eigenvalue weighted by Gasteiger charge is -2.35. The summed E-state index contributed by atoms with van der Waals surface area (Å²) in [6.45, 7) is 3.88. The Kier molecular flexibility index (Phi) is 4.61. The smallest absolute Gasteiger partial charge is 0.118 e. The molecule has 1 saturated heterocycles. The van der Waals surface area contributed by atoms with E-state index in [9.17, 15) is 5.26 Å². The second kappa shape index (κ2) is 6.84. The van der Waals surface area contributed by atoms with E-state index in [0.717, 1.165) is 48.6 Å². The zero-order chi connectivity index (χ0) is 17.1. The van der Waals surface area contributed by atoms with Gasteiger partial charge in [0.15, 0.2) is 0 Å². The van der Waals surface area contributed by atoms with Crippen molar-refractivity contribution < 1.29 is 4.74 Å². The lowest BCUT2D eigenvalue weighted by Crippen LogP contribution is -2.34. The van der Waals surface area contributed by atoms with Crippen LogP contribution in [0.1, 0.15) is 35.4 Å². The molecule has 1 aliphatic rings. The maximum absolute atomic E-state index is 9.41. The van der Waals surface area contributed by atoms with Crippen LogP contribution in [-0.2, 0) is 0 Å². The Labute approximate surface area is 143 Å². The first kappa shape index (κ1) is 16.2. The van der Waals surface area contributed by atoms with Gasteiger partial charge in [0.1, 0.15) is 11.8 Å². The topological polar surface area (TPSA) is 62.3 Å². The van der Waals surface area contributed by atoms with Crippen LogP contribution >= 0.6 is 0 Å². The van der Waals surface area contributed by atoms with Crippen molar-refractivity contribution in [2.45, 2.75) is 25.7 Å². The highest BCUT2D eigenvalue weighted by Gasteiger charge is 2.24. The predicted octanol–water partition coefficient (Wildman–Crippen LogP) is 3.84. The number of benzene rings is 2. The molecule has 1 aliphatic heterocycles. The summed E-state index contributed by atoms with van der Waals surface area (Å²) in [6.07, 6.45) is 2.15. The Morgan fingerprint density at radius 1 is 1.12 bits per heavy atom. The number of methoxy groups -OCH3 is 1. The number of nitrogens with zero attached hydrogens (tertiary/aromatic N) is 2. The minimum atomic E-state index is 0.555. The quantitative estimate of drug-likeness (QED) is 0.872. The summed E-state index contributed by atoms with van der Waals surface area (Å²) in [7, 11) is 1.69. The van der Waals surface area contributed by atoms with Crippen LogP contribution in [0.25, 0.3) is 0 Å². The van der Waals surface area contributed by atoms with Gasteiger partial charge in [-0.3, -0.25) is 0 Å². The summed E-state index contributed by atoms with van der Waals surface area (Å²) in [5.74, 6) is 1.45. The van der Waals surface area contributed by atoms with Gasteiger partial charge in [-0.1, -0.05) is 12.1 Å². The molecule has 4 heteroatoms. The first-order valence-electron chi connectivity index (χ1n) is 8.32. The average molecular weight is 321 g/mol. The predicted molar refractivity (Wildman–Crippen MR) is 97.5 cm³/mol. The molecular weight excluding hydrogens is 298 g/mol. The fraction of sp³-hybridized carbons (Fsp3) is 0.350. The van der Waals surface area contributed by atoms with Crippen LogP contribution in [0.5, 0.6) is 5.75 Å². The number of nitrogens with two attached hydrogens (primary N) is 1. The number of anilines is 2. The maximum atomic E-state index is 9.41. The lowest BCUT2D eigenvalue weighted by atomic mass is 9.88. The van der Waals surface area contributed by atoms with Crippen molar-refractivity contribution in [1.82, 2.24) is 0 Å². The molecule has 2 aromatic carbocycles. The monoisotopic (exact) mass is 321 g/mol. The number of hydrogen-bond donors (Lipinski definition) is 1. The van der Waals surface area contributed by atoms with Gasteiger partial charge in [0.25, 0.3) is 0 Å². The normalized spacial score (nSPS) is 15.1. The summed E-state index contributed by atoms with van der Waals surface area (Å²) in [4.78, 5) is 2.31. The van der Waals surface area contributed by atoms with E-state index in [-0.39, 0.29) is 0 Å². The fourth-order valence-electron chi connectivity index (χ4n) is 3.53. The highest BCUT2D eigenvalue weighted by molar-refractivity contribution is 5.71. The van der Waals surface area contributed by atoms with Crippen LogP contribution in [0.15, 0.2) is 36.4 Å². The van der Waals surface area contributed by atoms with Gasteiger partial charge in [0, 0.05) is 18.8 Å². The third-order valence-electron chi connectivity index (χ3n) is 4.99. The van der Waals surface area contributed by atoms with Crippen molar-refractivity contribution >= 4 is 11.4 Å². The zero-order valence-electron chi connectivity index (χ0n) is 14.2. The fourth-order valence-corrected chi connectivity index (χ4v) is 3.53. The highest BCUT2D eigenvalue weighted by atomic mass is 16.5. The molecule has 3 rings (SSSR count). The van der Waals surface area contributed by atoms with Crippen LogP contribution in [-0.4, -0.2) is 20.2 Å². The molecule has 0 saturated carbocycles. The summed E-state index contributed by atoms with van der Waals surface area (Å²) < 4.78 is 5.23. The van der Waals surface area contributed by atoms with Crippen molar-refractivity contribution in [2.24, 2.45) is 0 Å². The number of rotatable bonds is 3. The standard InChI is InChI=1S/C20H23N3O/c1-14-19(22)8-5-17(13-21)20(14)23-11-9-16(10-12-23)15-3-6-18(24-2)7-4-15/h3-8,16H,9-12,22H2,1-2H3. The van der Waals surface area contributed by atoms with E-state index in [2.05, 4.69) is 23.1 Å². The second-order valence-electron chi connectivity index (χ2n) is 6.32. The summed E-state index contributed by atoms with van der Waals surface area (Å²) in [5, 5.41) is 9.41. The van der Waals surface area contributed by atoms with Crippen LogP contribution in [0, 0.1) is 18.3 Å². The van der Waals surface area contributed by atoms with Crippen molar-refractivity contribution in [3.8, 4) is 11.8 Å². The molecule has 0 bridgehead atoms. The number of piperidine rings is 1. The van der Waals surface area contributed by atoms with Gasteiger partial charge in [0.05, 0.1) is 18.4 Å². The minimum absolute atomic E-state index is 0.555. The van der Waals surface area contributed by atoms with Gasteiger partial charge < -0.3 is 15.4 Å². The van der Waals surface area contributed by atoms with Crippen LogP contribution in [0.2, 0.25) is 0 Å². The van der Waals surface area contributed by atoms with Gasteiger partial charge >= 0.3 is 0 Å². The van der Waals surface area contributed by atoms with Gasteiger partial charge in [-0.2, -0.15) is 5.26 Å². The first-order valence-corrected chi connectivity index (χ1v) is 8.32. The first-order chi connectivity index (χ1) is 11.6. The lowest BCUT2D eigenvalue weighted by molar-refractivity contribution is 0.414. The third kappa shape index (κ3) is 3.03. The molecule has 0 aromatic heterocycles. The van der Waals surface area contributed by atoms with Gasteiger partial charge in [-0.15, -0.1) is 0 Å². The van der Waals surface area contributed by atoms with Crippen molar-refractivity contribution in [1.29, 1.82) is 5.26 Å². The summed E-state index contributed by atoms with van der Waals surface area (Å²) in [5.41, 5.74) is 10.9. The molecule has 0 amide bonds. The molecule has 4 nitrogen and oxygen atoms in total. The van der Waals surface area contributed by atoms with Crippen molar-refractivity contribution in [3.05, 3.63) is 53.1 Å². The molecule has 1 fully saturated rings. The molecule has 0 atom stereocenters. The molecule has 0 unspecified atom stereocenters. The summed E-state index contributed by atoms with van der Waals surface area (Å²) >= 11 is 0. The second-order valence-corrected chi connectivity index (χ2v) is 6.32. The zero-order valence-corrected chi connectivity index (χ0v) is 14.2. The molecule has 0 spiro atoms. The van der Waals surface area contributed by atoms with Gasteiger partial charge in [-0.25, -0.2) is 0 Å². The van der Waals surface area contributed by atoms with E-state index in [1.807, 2.05) is 31.2 Å². The SMILES string of the molecule is COc1ccc(C2CCN(c3c(C#N)ccc(N)c3C)CC2)cc1. The van der Waals surface area contributed by atoms with E-state index in [1.54, 1.807) is 7.11 Å². The number of hydrogen-bond acceptors (Lipinski definition) is 4. The Balaban J connectivity index is 1.76. The molecule has 1 heterocycles. The number of ether oxygens (including phenoxy) is 1. The highest BCUT2D eigenvalue weighted by Crippen LogP contribution is 2.35. The Bertz CT molecular complexity index is 754. The van der Waals surface area contributed by atoms with Crippen LogP contribution < -0.4 is 15.4 Å². The Hall–Kier alpha value is -2.67. The average Bonchev–Trinajstić information content (AvgIpc) is 2.64.